The zero-order valence-corrected chi connectivity index (χ0v) is 20.4. The lowest BCUT2D eigenvalue weighted by molar-refractivity contribution is -0.118. The summed E-state index contributed by atoms with van der Waals surface area (Å²) in [5.74, 6) is 0.134. The average Bonchev–Trinajstić information content (AvgIpc) is 2.82. The first-order valence-corrected chi connectivity index (χ1v) is 12.8. The lowest BCUT2D eigenvalue weighted by Crippen LogP contribution is -2.39. The van der Waals surface area contributed by atoms with Gasteiger partial charge in [-0.3, -0.25) is 14.2 Å². The number of aromatic nitrogens is 2. The van der Waals surface area contributed by atoms with E-state index in [1.54, 1.807) is 34.9 Å². The van der Waals surface area contributed by atoms with Crippen LogP contribution < -0.4 is 10.9 Å². The molecule has 1 aliphatic heterocycles. The van der Waals surface area contributed by atoms with Gasteiger partial charge in [0, 0.05) is 24.2 Å². The number of halogens is 1. The smallest absolute Gasteiger partial charge is 0.266 e. The third-order valence-corrected chi connectivity index (χ3v) is 7.24. The van der Waals surface area contributed by atoms with E-state index >= 15 is 0 Å². The van der Waals surface area contributed by atoms with E-state index in [9.17, 15) is 9.59 Å². The first-order chi connectivity index (χ1) is 16.0. The van der Waals surface area contributed by atoms with Crippen molar-refractivity contribution in [2.24, 2.45) is 0 Å². The Morgan fingerprint density at radius 1 is 1.18 bits per heavy atom. The molecule has 4 rings (SSSR count). The van der Waals surface area contributed by atoms with E-state index < -0.39 is 0 Å². The fraction of sp³-hybridized carbons (Fsp3) is 0.400. The Morgan fingerprint density at radius 3 is 2.76 bits per heavy atom. The van der Waals surface area contributed by atoms with Gasteiger partial charge < -0.3 is 10.2 Å². The Labute approximate surface area is 203 Å². The van der Waals surface area contributed by atoms with E-state index in [-0.39, 0.29) is 17.2 Å². The van der Waals surface area contributed by atoms with Gasteiger partial charge in [-0.1, -0.05) is 41.9 Å². The normalized spacial score (nSPS) is 16.7. The van der Waals surface area contributed by atoms with E-state index in [2.05, 4.69) is 22.1 Å². The summed E-state index contributed by atoms with van der Waals surface area (Å²) in [6.07, 6.45) is 4.78. The molecule has 6 nitrogen and oxygen atoms in total. The number of likely N-dealkylation sites (tertiary alicyclic amines) is 1. The molecule has 1 aliphatic rings. The predicted octanol–water partition coefficient (Wildman–Crippen LogP) is 4.51. The lowest BCUT2D eigenvalue weighted by atomic mass is 10.0. The molecule has 1 N–H and O–H groups in total. The van der Waals surface area contributed by atoms with Crippen LogP contribution in [0.15, 0.2) is 58.5 Å². The van der Waals surface area contributed by atoms with Crippen LogP contribution in [0.4, 0.5) is 0 Å². The summed E-state index contributed by atoms with van der Waals surface area (Å²) >= 11 is 7.30. The maximum atomic E-state index is 13.2. The molecule has 0 radical (unpaired) electrons. The van der Waals surface area contributed by atoms with Crippen molar-refractivity contribution in [3.63, 3.8) is 0 Å². The van der Waals surface area contributed by atoms with Crippen molar-refractivity contribution in [3.8, 4) is 5.69 Å². The van der Waals surface area contributed by atoms with E-state index in [0.717, 1.165) is 19.5 Å². The molecular weight excluding hydrogens is 456 g/mol. The van der Waals surface area contributed by atoms with Crippen molar-refractivity contribution < 1.29 is 4.79 Å². The van der Waals surface area contributed by atoms with Crippen molar-refractivity contribution in [1.82, 2.24) is 19.8 Å². The minimum Gasteiger partial charge on any atom is -0.355 e. The van der Waals surface area contributed by atoms with E-state index in [0.29, 0.717) is 39.4 Å². The summed E-state index contributed by atoms with van der Waals surface area (Å²) in [4.78, 5) is 32.9. The highest BCUT2D eigenvalue weighted by Gasteiger charge is 2.18. The highest BCUT2D eigenvalue weighted by atomic mass is 35.5. The number of nitrogens with one attached hydrogen (secondary N) is 1. The van der Waals surface area contributed by atoms with Crippen LogP contribution in [-0.4, -0.2) is 51.8 Å². The molecular formula is C25H29ClN4O2S. The molecule has 1 saturated heterocycles. The van der Waals surface area contributed by atoms with E-state index in [1.165, 1.54) is 31.0 Å². The number of amides is 1. The Hall–Kier alpha value is -2.35. The van der Waals surface area contributed by atoms with Crippen molar-refractivity contribution >= 4 is 40.2 Å². The molecule has 2 heterocycles. The molecule has 1 atom stereocenters. The summed E-state index contributed by atoms with van der Waals surface area (Å²) in [6, 6.07) is 14.9. The molecule has 174 valence electrons. The topological polar surface area (TPSA) is 67.2 Å². The van der Waals surface area contributed by atoms with Gasteiger partial charge in [0.05, 0.1) is 22.3 Å². The summed E-state index contributed by atoms with van der Waals surface area (Å²) in [5, 5.41) is 4.62. The molecule has 0 spiro atoms. The molecule has 0 saturated carbocycles. The third kappa shape index (κ3) is 5.96. The predicted molar refractivity (Wildman–Crippen MR) is 136 cm³/mol. The Kier molecular flexibility index (Phi) is 8.06. The average molecular weight is 485 g/mol. The van der Waals surface area contributed by atoms with Crippen LogP contribution in [0.25, 0.3) is 16.6 Å². The minimum absolute atomic E-state index is 0.0586. The van der Waals surface area contributed by atoms with Crippen LogP contribution in [0.5, 0.6) is 0 Å². The van der Waals surface area contributed by atoms with Crippen LogP contribution in [-0.2, 0) is 4.79 Å². The number of benzene rings is 2. The molecule has 3 aromatic rings. The largest absolute Gasteiger partial charge is 0.355 e. The minimum atomic E-state index is -0.165. The van der Waals surface area contributed by atoms with Gasteiger partial charge in [0.2, 0.25) is 5.91 Å². The van der Waals surface area contributed by atoms with Crippen LogP contribution in [0.1, 0.15) is 32.6 Å². The maximum absolute atomic E-state index is 13.2. The lowest BCUT2D eigenvalue weighted by Gasteiger charge is -2.33. The van der Waals surface area contributed by atoms with Gasteiger partial charge in [-0.05, 0) is 69.1 Å². The van der Waals surface area contributed by atoms with Crippen LogP contribution in [0, 0.1) is 0 Å². The summed E-state index contributed by atoms with van der Waals surface area (Å²) in [5.41, 5.74) is 1.12. The molecule has 8 heteroatoms. The molecule has 0 aliphatic carbocycles. The van der Waals surface area contributed by atoms with E-state index in [1.807, 2.05) is 18.2 Å². The highest BCUT2D eigenvalue weighted by molar-refractivity contribution is 7.99. The van der Waals surface area contributed by atoms with Gasteiger partial charge in [0.25, 0.3) is 5.56 Å². The van der Waals surface area contributed by atoms with Gasteiger partial charge in [-0.15, -0.1) is 0 Å². The molecule has 0 bridgehead atoms. The van der Waals surface area contributed by atoms with Crippen molar-refractivity contribution in [2.75, 3.05) is 25.4 Å². The van der Waals surface area contributed by atoms with Crippen molar-refractivity contribution in [1.29, 1.82) is 0 Å². The molecule has 1 fully saturated rings. The number of carbonyl (C=O) groups excluding carboxylic acids is 1. The second-order valence-corrected chi connectivity index (χ2v) is 9.78. The number of hydrogen-bond donors (Lipinski definition) is 1. The van der Waals surface area contributed by atoms with Gasteiger partial charge in [0.1, 0.15) is 0 Å². The molecule has 33 heavy (non-hydrogen) atoms. The Balaban J connectivity index is 1.42. The number of thioether (sulfide) groups is 1. The first-order valence-electron chi connectivity index (χ1n) is 11.4. The van der Waals surface area contributed by atoms with Gasteiger partial charge in [-0.2, -0.15) is 0 Å². The number of rotatable bonds is 8. The first kappa shape index (κ1) is 23.8. The maximum Gasteiger partial charge on any atom is 0.266 e. The quantitative estimate of drug-likeness (QED) is 0.289. The Bertz CT molecular complexity index is 1170. The summed E-state index contributed by atoms with van der Waals surface area (Å²) < 4.78 is 1.55. The van der Waals surface area contributed by atoms with Crippen LogP contribution in [0.3, 0.4) is 0 Å². The summed E-state index contributed by atoms with van der Waals surface area (Å²) in [6.45, 7) is 5.10. The molecule has 1 unspecified atom stereocenters. The fourth-order valence-electron chi connectivity index (χ4n) is 4.21. The van der Waals surface area contributed by atoms with Crippen LogP contribution >= 0.6 is 23.4 Å². The van der Waals surface area contributed by atoms with Crippen molar-refractivity contribution in [2.45, 2.75) is 43.8 Å². The standard InChI is InChI=1S/C25H29ClN4O2S/c1-18-7-4-5-15-29(18)16-6-14-27-23(31)17-33-25-28-22-9-3-2-8-21(22)24(32)30(25)20-12-10-19(26)11-13-20/h2-3,8-13,18H,4-7,14-17H2,1H3,(H,27,31). The second-order valence-electron chi connectivity index (χ2n) is 8.40. The van der Waals surface area contributed by atoms with Gasteiger partial charge in [-0.25, -0.2) is 4.98 Å². The third-order valence-electron chi connectivity index (χ3n) is 6.05. The zero-order valence-electron chi connectivity index (χ0n) is 18.8. The fourth-order valence-corrected chi connectivity index (χ4v) is 5.18. The molecule has 1 aromatic heterocycles. The van der Waals surface area contributed by atoms with Gasteiger partial charge in [0.15, 0.2) is 5.16 Å². The number of para-hydroxylation sites is 1. The van der Waals surface area contributed by atoms with Crippen molar-refractivity contribution in [3.05, 3.63) is 63.9 Å². The number of fused-ring (bicyclic) bond motifs is 1. The summed E-state index contributed by atoms with van der Waals surface area (Å²) in [7, 11) is 0. The number of hydrogen-bond acceptors (Lipinski definition) is 5. The SMILES string of the molecule is CC1CCCCN1CCCNC(=O)CSc1nc2ccccc2c(=O)n1-c1ccc(Cl)cc1. The monoisotopic (exact) mass is 484 g/mol. The Morgan fingerprint density at radius 2 is 1.97 bits per heavy atom. The van der Waals surface area contributed by atoms with Gasteiger partial charge >= 0.3 is 0 Å². The zero-order chi connectivity index (χ0) is 23.2. The molecule has 1 amide bonds. The number of piperidine rings is 1. The van der Waals surface area contributed by atoms with E-state index in [4.69, 9.17) is 11.6 Å². The number of carbonyl (C=O) groups is 1. The highest BCUT2D eigenvalue weighted by Crippen LogP contribution is 2.22. The van der Waals surface area contributed by atoms with Crippen LogP contribution in [0.2, 0.25) is 5.02 Å². The number of nitrogens with zero attached hydrogens (tertiary/aromatic N) is 3. The second kappa shape index (κ2) is 11.2. The molecule has 2 aromatic carbocycles.